The monoisotopic (exact) mass is 327 g/mol. The third-order valence-electron chi connectivity index (χ3n) is 4.12. The molecular weight excluding hydrogens is 286 g/mol. The highest BCUT2D eigenvalue weighted by Gasteiger charge is 2.23. The van der Waals surface area contributed by atoms with E-state index in [0.29, 0.717) is 0 Å². The van der Waals surface area contributed by atoms with Crippen LogP contribution in [0.25, 0.3) is 0 Å². The van der Waals surface area contributed by atoms with E-state index in [1.807, 2.05) is 13.8 Å². The fourth-order valence-electron chi connectivity index (χ4n) is 2.89. The Hall–Kier alpha value is -0.410. The van der Waals surface area contributed by atoms with Crippen LogP contribution >= 0.6 is 0 Å². The first kappa shape index (κ1) is 22.6. The average molecular weight is 328 g/mol. The van der Waals surface area contributed by atoms with E-state index in [1.165, 1.54) is 63.5 Å². The minimum absolute atomic E-state index is 0.372. The summed E-state index contributed by atoms with van der Waals surface area (Å²) in [6, 6.07) is 0. The summed E-state index contributed by atoms with van der Waals surface area (Å²) in [6.07, 6.45) is 12.9. The molecule has 3 heteroatoms. The Bertz CT molecular complexity index is 279. The fourth-order valence-corrected chi connectivity index (χ4v) is 2.89. The van der Waals surface area contributed by atoms with Crippen molar-refractivity contribution in [2.24, 2.45) is 4.99 Å². The molecule has 0 spiro atoms. The zero-order valence-corrected chi connectivity index (χ0v) is 16.5. The Balaban J connectivity index is 3.40. The molecule has 3 nitrogen and oxygen atoms in total. The fraction of sp³-hybridized carbons (Fsp3) is 0.950. The third kappa shape index (κ3) is 14.9. The topological polar surface area (TPSA) is 30.8 Å². The summed E-state index contributed by atoms with van der Waals surface area (Å²) in [4.78, 5) is 4.43. The first-order chi connectivity index (χ1) is 11.0. The van der Waals surface area contributed by atoms with Crippen molar-refractivity contribution in [1.29, 1.82) is 0 Å². The van der Waals surface area contributed by atoms with Gasteiger partial charge in [-0.3, -0.25) is 4.99 Å². The van der Waals surface area contributed by atoms with Crippen LogP contribution in [-0.4, -0.2) is 31.3 Å². The quantitative estimate of drug-likeness (QED) is 0.193. The van der Waals surface area contributed by atoms with E-state index < -0.39 is 0 Å². The predicted molar refractivity (Wildman–Crippen MR) is 101 cm³/mol. The molecular formula is C20H41NO2. The maximum Gasteiger partial charge on any atom is 0.165 e. The molecule has 0 saturated heterocycles. The summed E-state index contributed by atoms with van der Waals surface area (Å²) in [6.45, 7) is 12.8. The first-order valence-electron chi connectivity index (χ1n) is 9.79. The summed E-state index contributed by atoms with van der Waals surface area (Å²) < 4.78 is 11.5. The van der Waals surface area contributed by atoms with Gasteiger partial charge in [0, 0.05) is 31.9 Å². The van der Waals surface area contributed by atoms with Crippen LogP contribution in [0.3, 0.4) is 0 Å². The lowest BCUT2D eigenvalue weighted by molar-refractivity contribution is -0.225. The predicted octanol–water partition coefficient (Wildman–Crippen LogP) is 6.16. The van der Waals surface area contributed by atoms with E-state index in [1.54, 1.807) is 0 Å². The van der Waals surface area contributed by atoms with E-state index in [-0.39, 0.29) is 5.79 Å². The number of aliphatic imine (C=N–C) groups is 1. The molecule has 0 fully saturated rings. The van der Waals surface area contributed by atoms with Gasteiger partial charge in [0.25, 0.3) is 0 Å². The lowest BCUT2D eigenvalue weighted by Crippen LogP contribution is -2.32. The van der Waals surface area contributed by atoms with Gasteiger partial charge < -0.3 is 9.47 Å². The summed E-state index contributed by atoms with van der Waals surface area (Å²) >= 11 is 0. The molecule has 0 aromatic rings. The highest BCUT2D eigenvalue weighted by atomic mass is 16.7. The highest BCUT2D eigenvalue weighted by Crippen LogP contribution is 2.21. The van der Waals surface area contributed by atoms with Crippen molar-refractivity contribution in [3.05, 3.63) is 0 Å². The largest absolute Gasteiger partial charge is 0.351 e. The molecule has 138 valence electrons. The number of ether oxygens (including phenoxy) is 2. The zero-order valence-electron chi connectivity index (χ0n) is 16.5. The second-order valence-corrected chi connectivity index (χ2v) is 6.76. The molecule has 0 atom stereocenters. The van der Waals surface area contributed by atoms with Crippen LogP contribution in [0.15, 0.2) is 4.99 Å². The van der Waals surface area contributed by atoms with E-state index in [0.717, 1.165) is 26.2 Å². The molecule has 0 saturated carbocycles. The second kappa shape index (κ2) is 15.1. The molecule has 0 aliphatic rings. The van der Waals surface area contributed by atoms with Gasteiger partial charge in [-0.25, -0.2) is 0 Å². The molecule has 0 aliphatic heterocycles. The maximum absolute atomic E-state index is 5.75. The minimum Gasteiger partial charge on any atom is -0.351 e. The summed E-state index contributed by atoms with van der Waals surface area (Å²) in [5, 5.41) is 0. The van der Waals surface area contributed by atoms with Crippen LogP contribution < -0.4 is 0 Å². The van der Waals surface area contributed by atoms with Crippen LogP contribution in [0.4, 0.5) is 0 Å². The van der Waals surface area contributed by atoms with Gasteiger partial charge in [0.1, 0.15) is 0 Å². The van der Waals surface area contributed by atoms with Crippen molar-refractivity contribution in [2.45, 2.75) is 105 Å². The number of rotatable bonds is 16. The number of hydrogen-bond acceptors (Lipinski definition) is 3. The normalized spacial score (nSPS) is 11.7. The van der Waals surface area contributed by atoms with Gasteiger partial charge >= 0.3 is 0 Å². The third-order valence-corrected chi connectivity index (χ3v) is 4.12. The molecule has 0 unspecified atom stereocenters. The minimum atomic E-state index is -0.372. The average Bonchev–Trinajstić information content (AvgIpc) is 2.48. The standard InChI is InChI=1S/C20H41NO2/c1-6-22-20(5,23-7-2)17-15-13-11-9-8-10-12-14-16-18-21-19(3)4/h6-18H2,1-5H3. The van der Waals surface area contributed by atoms with Crippen molar-refractivity contribution in [3.63, 3.8) is 0 Å². The van der Waals surface area contributed by atoms with Crippen molar-refractivity contribution in [1.82, 2.24) is 0 Å². The van der Waals surface area contributed by atoms with Gasteiger partial charge in [-0.1, -0.05) is 44.9 Å². The molecule has 0 rings (SSSR count). The zero-order chi connectivity index (χ0) is 17.4. The Labute approximate surface area is 145 Å². The maximum atomic E-state index is 5.75. The Kier molecular flexibility index (Phi) is 14.9. The van der Waals surface area contributed by atoms with Gasteiger partial charge in [-0.15, -0.1) is 0 Å². The van der Waals surface area contributed by atoms with Gasteiger partial charge in [0.15, 0.2) is 5.79 Å². The first-order valence-corrected chi connectivity index (χ1v) is 9.79. The lowest BCUT2D eigenvalue weighted by Gasteiger charge is -2.29. The van der Waals surface area contributed by atoms with Crippen molar-refractivity contribution in [3.8, 4) is 0 Å². The molecule has 0 aromatic heterocycles. The van der Waals surface area contributed by atoms with Gasteiger partial charge in [-0.2, -0.15) is 0 Å². The number of hydrogen-bond donors (Lipinski definition) is 0. The van der Waals surface area contributed by atoms with Crippen molar-refractivity contribution >= 4 is 5.71 Å². The Morgan fingerprint density at radius 2 is 1.17 bits per heavy atom. The second-order valence-electron chi connectivity index (χ2n) is 6.76. The van der Waals surface area contributed by atoms with E-state index in [9.17, 15) is 0 Å². The Morgan fingerprint density at radius 1 is 0.739 bits per heavy atom. The molecule has 0 bridgehead atoms. The van der Waals surface area contributed by atoms with Crippen molar-refractivity contribution < 1.29 is 9.47 Å². The highest BCUT2D eigenvalue weighted by molar-refractivity contribution is 5.78. The van der Waals surface area contributed by atoms with Crippen LogP contribution in [0, 0.1) is 0 Å². The van der Waals surface area contributed by atoms with Crippen LogP contribution in [-0.2, 0) is 9.47 Å². The molecule has 23 heavy (non-hydrogen) atoms. The molecule has 0 aromatic carbocycles. The van der Waals surface area contributed by atoms with Gasteiger partial charge in [-0.05, 0) is 47.5 Å². The van der Waals surface area contributed by atoms with E-state index >= 15 is 0 Å². The summed E-state index contributed by atoms with van der Waals surface area (Å²) in [7, 11) is 0. The van der Waals surface area contributed by atoms with Crippen LogP contribution in [0.1, 0.15) is 98.8 Å². The van der Waals surface area contributed by atoms with Crippen LogP contribution in [0.5, 0.6) is 0 Å². The molecule has 0 amide bonds. The van der Waals surface area contributed by atoms with E-state index in [2.05, 4.69) is 25.8 Å². The van der Waals surface area contributed by atoms with Gasteiger partial charge in [0.2, 0.25) is 0 Å². The SMILES string of the molecule is CCOC(C)(CCCCCCCCCCCN=C(C)C)OCC. The van der Waals surface area contributed by atoms with Crippen LogP contribution in [0.2, 0.25) is 0 Å². The van der Waals surface area contributed by atoms with Gasteiger partial charge in [0.05, 0.1) is 0 Å². The smallest absolute Gasteiger partial charge is 0.165 e. The Morgan fingerprint density at radius 3 is 1.61 bits per heavy atom. The molecule has 0 N–H and O–H groups in total. The molecule has 0 radical (unpaired) electrons. The number of nitrogens with zero attached hydrogens (tertiary/aromatic N) is 1. The van der Waals surface area contributed by atoms with E-state index in [4.69, 9.17) is 9.47 Å². The summed E-state index contributed by atoms with van der Waals surface area (Å²) in [5.74, 6) is -0.372. The van der Waals surface area contributed by atoms with Crippen molar-refractivity contribution in [2.75, 3.05) is 19.8 Å². The summed E-state index contributed by atoms with van der Waals surface area (Å²) in [5.41, 5.74) is 1.20. The molecule has 0 heterocycles. The number of unbranched alkanes of at least 4 members (excludes halogenated alkanes) is 8. The lowest BCUT2D eigenvalue weighted by atomic mass is 10.0. The molecule has 0 aliphatic carbocycles.